The first kappa shape index (κ1) is 15.9. The average molecular weight is 306 g/mol. The molecule has 2 aliphatic rings. The molecule has 2 heterocycles. The third-order valence-corrected chi connectivity index (χ3v) is 5.63. The molecule has 0 saturated carbocycles. The van der Waals surface area contributed by atoms with Gasteiger partial charge in [0.25, 0.3) is 0 Å². The summed E-state index contributed by atoms with van der Waals surface area (Å²) >= 11 is 0. The van der Waals surface area contributed by atoms with Gasteiger partial charge in [-0.25, -0.2) is 0 Å². The summed E-state index contributed by atoms with van der Waals surface area (Å²) < 4.78 is 0. The van der Waals surface area contributed by atoms with Crippen LogP contribution in [0.15, 0.2) is 30.3 Å². The number of quaternary nitrogens is 3. The number of aliphatic hydroxyl groups is 1. The lowest BCUT2D eigenvalue weighted by Crippen LogP contribution is -3.30. The third kappa shape index (κ3) is 4.29. The number of hydrogen-bond donors (Lipinski definition) is 4. The second kappa shape index (κ2) is 8.06. The van der Waals surface area contributed by atoms with Crippen LogP contribution in [-0.4, -0.2) is 63.6 Å². The summed E-state index contributed by atoms with van der Waals surface area (Å²) in [5.74, 6) is 0. The highest BCUT2D eigenvalue weighted by Crippen LogP contribution is 1.99. The average Bonchev–Trinajstić information content (AvgIpc) is 2.58. The zero-order valence-electron chi connectivity index (χ0n) is 13.7. The van der Waals surface area contributed by atoms with E-state index in [1.165, 1.54) is 64.2 Å². The molecule has 0 radical (unpaired) electrons. The predicted octanol–water partition coefficient (Wildman–Crippen LogP) is -2.99. The molecule has 0 amide bonds. The van der Waals surface area contributed by atoms with Crippen molar-refractivity contribution in [1.29, 1.82) is 0 Å². The van der Waals surface area contributed by atoms with Crippen LogP contribution in [0, 0.1) is 0 Å². The number of piperidine rings is 1. The lowest BCUT2D eigenvalue weighted by Gasteiger charge is -2.37. The van der Waals surface area contributed by atoms with E-state index < -0.39 is 0 Å². The van der Waals surface area contributed by atoms with Crippen LogP contribution >= 0.6 is 0 Å². The minimum atomic E-state index is 0.339. The molecule has 3 rings (SSSR count). The Labute approximate surface area is 134 Å². The summed E-state index contributed by atoms with van der Waals surface area (Å²) in [7, 11) is 0. The molecule has 0 bridgehead atoms. The predicted molar refractivity (Wildman–Crippen MR) is 87.2 cm³/mol. The monoisotopic (exact) mass is 306 g/mol. The highest BCUT2D eigenvalue weighted by atomic mass is 16.3. The zero-order chi connectivity index (χ0) is 15.2. The lowest BCUT2D eigenvalue weighted by molar-refractivity contribution is -1.03. The molecular weight excluding hydrogens is 274 g/mol. The molecule has 4 N–H and O–H groups in total. The Morgan fingerprint density at radius 2 is 1.55 bits per heavy atom. The van der Waals surface area contributed by atoms with Gasteiger partial charge in [-0.3, -0.25) is 0 Å². The van der Waals surface area contributed by atoms with Gasteiger partial charge >= 0.3 is 0 Å². The molecule has 0 aliphatic carbocycles. The summed E-state index contributed by atoms with van der Waals surface area (Å²) in [4.78, 5) is 5.19. The fourth-order valence-corrected chi connectivity index (χ4v) is 4.24. The Morgan fingerprint density at radius 1 is 0.864 bits per heavy atom. The molecule has 1 aromatic carbocycles. The minimum Gasteiger partial charge on any atom is -0.391 e. The van der Waals surface area contributed by atoms with Gasteiger partial charge in [0.05, 0.1) is 25.7 Å². The van der Waals surface area contributed by atoms with Crippen LogP contribution in [0.2, 0.25) is 0 Å². The van der Waals surface area contributed by atoms with Gasteiger partial charge < -0.3 is 19.8 Å². The molecule has 2 fully saturated rings. The van der Waals surface area contributed by atoms with Crippen LogP contribution < -0.4 is 14.7 Å². The van der Waals surface area contributed by atoms with Crippen LogP contribution in [0.4, 0.5) is 0 Å². The Balaban J connectivity index is 1.40. The molecule has 0 atom stereocenters. The summed E-state index contributed by atoms with van der Waals surface area (Å²) in [6, 6.07) is 11.8. The molecule has 0 spiro atoms. The Bertz CT molecular complexity index is 423. The van der Waals surface area contributed by atoms with Crippen LogP contribution in [0.3, 0.4) is 0 Å². The third-order valence-electron chi connectivity index (χ3n) is 5.63. The largest absolute Gasteiger partial charge is 0.391 e. The van der Waals surface area contributed by atoms with Gasteiger partial charge in [-0.05, 0) is 0 Å². The topological polar surface area (TPSA) is 33.6 Å². The standard InChI is InChI=1S/C18H29N3O/c22-15-14-19-10-12-21(13-11-19)18-6-8-20(9-7-18)16-17-4-2-1-3-5-17/h1-5,18,22H,6-16H2/p+3. The van der Waals surface area contributed by atoms with Gasteiger partial charge in [0.15, 0.2) is 0 Å². The summed E-state index contributed by atoms with van der Waals surface area (Å²) in [5.41, 5.74) is 1.48. The van der Waals surface area contributed by atoms with Gasteiger partial charge in [0.2, 0.25) is 0 Å². The van der Waals surface area contributed by atoms with Gasteiger partial charge in [-0.1, -0.05) is 30.3 Å². The molecule has 2 saturated heterocycles. The first-order chi connectivity index (χ1) is 10.8. The second-order valence-electron chi connectivity index (χ2n) is 7.07. The zero-order valence-corrected chi connectivity index (χ0v) is 13.7. The Hall–Kier alpha value is -0.940. The second-order valence-corrected chi connectivity index (χ2v) is 7.07. The fourth-order valence-electron chi connectivity index (χ4n) is 4.24. The molecule has 2 aliphatic heterocycles. The fraction of sp³-hybridized carbons (Fsp3) is 0.667. The van der Waals surface area contributed by atoms with E-state index in [1.807, 2.05) is 4.90 Å². The van der Waals surface area contributed by atoms with Crippen molar-refractivity contribution in [2.75, 3.05) is 52.4 Å². The highest BCUT2D eigenvalue weighted by molar-refractivity contribution is 5.13. The van der Waals surface area contributed by atoms with Crippen LogP contribution in [0.5, 0.6) is 0 Å². The number of aliphatic hydroxyl groups excluding tert-OH is 1. The lowest BCUT2D eigenvalue weighted by atomic mass is 10.0. The Morgan fingerprint density at radius 3 is 2.18 bits per heavy atom. The van der Waals surface area contributed by atoms with Crippen molar-refractivity contribution in [1.82, 2.24) is 0 Å². The highest BCUT2D eigenvalue weighted by Gasteiger charge is 2.33. The van der Waals surface area contributed by atoms with Gasteiger partial charge in [0.1, 0.15) is 39.3 Å². The summed E-state index contributed by atoms with van der Waals surface area (Å²) in [6.07, 6.45) is 2.76. The van der Waals surface area contributed by atoms with Gasteiger partial charge in [0, 0.05) is 18.4 Å². The van der Waals surface area contributed by atoms with E-state index in [1.54, 1.807) is 9.80 Å². The van der Waals surface area contributed by atoms with Crippen molar-refractivity contribution in [3.8, 4) is 0 Å². The number of benzene rings is 1. The van der Waals surface area contributed by atoms with E-state index in [2.05, 4.69) is 30.3 Å². The molecule has 1 aromatic rings. The normalized spacial score (nSPS) is 32.8. The Kier molecular flexibility index (Phi) is 5.84. The van der Waals surface area contributed by atoms with E-state index in [0.29, 0.717) is 6.61 Å². The van der Waals surface area contributed by atoms with Crippen LogP contribution in [0.1, 0.15) is 18.4 Å². The van der Waals surface area contributed by atoms with Crippen LogP contribution in [0.25, 0.3) is 0 Å². The van der Waals surface area contributed by atoms with E-state index in [0.717, 1.165) is 12.6 Å². The maximum absolute atomic E-state index is 9.05. The first-order valence-electron chi connectivity index (χ1n) is 9.01. The van der Waals surface area contributed by atoms with Crippen molar-refractivity contribution >= 4 is 0 Å². The first-order valence-corrected chi connectivity index (χ1v) is 9.01. The number of rotatable bonds is 5. The minimum absolute atomic E-state index is 0.339. The quantitative estimate of drug-likeness (QED) is 0.460. The molecule has 4 heteroatoms. The number of hydrogen-bond acceptors (Lipinski definition) is 1. The smallest absolute Gasteiger partial charge is 0.127 e. The van der Waals surface area contributed by atoms with Crippen molar-refractivity contribution in [3.63, 3.8) is 0 Å². The molecule has 0 aromatic heterocycles. The van der Waals surface area contributed by atoms with E-state index in [9.17, 15) is 0 Å². The number of nitrogens with one attached hydrogen (secondary N) is 3. The van der Waals surface area contributed by atoms with E-state index >= 15 is 0 Å². The van der Waals surface area contributed by atoms with Crippen molar-refractivity contribution in [2.24, 2.45) is 0 Å². The van der Waals surface area contributed by atoms with Gasteiger partial charge in [-0.15, -0.1) is 0 Å². The van der Waals surface area contributed by atoms with Crippen molar-refractivity contribution in [2.45, 2.75) is 25.4 Å². The molecule has 4 nitrogen and oxygen atoms in total. The van der Waals surface area contributed by atoms with Gasteiger partial charge in [-0.2, -0.15) is 0 Å². The van der Waals surface area contributed by atoms with E-state index in [4.69, 9.17) is 5.11 Å². The summed E-state index contributed by atoms with van der Waals surface area (Å²) in [5, 5.41) is 9.05. The van der Waals surface area contributed by atoms with E-state index in [-0.39, 0.29) is 0 Å². The number of likely N-dealkylation sites (tertiary alicyclic amines) is 1. The SMILES string of the molecule is OCC[NH+]1CC[NH+](C2CC[NH+](Cc3ccccc3)CC2)CC1. The molecule has 122 valence electrons. The molecule has 22 heavy (non-hydrogen) atoms. The van der Waals surface area contributed by atoms with Crippen LogP contribution in [-0.2, 0) is 6.54 Å². The molecular formula is C18H32N3O+3. The maximum atomic E-state index is 9.05. The molecule has 0 unspecified atom stereocenters. The van der Waals surface area contributed by atoms with Crippen molar-refractivity contribution in [3.05, 3.63) is 35.9 Å². The van der Waals surface area contributed by atoms with Crippen molar-refractivity contribution < 1.29 is 19.8 Å². The summed E-state index contributed by atoms with van der Waals surface area (Å²) in [6.45, 7) is 10.2. The number of piperazine rings is 1. The maximum Gasteiger partial charge on any atom is 0.127 e.